The average Bonchev–Trinajstić information content (AvgIpc) is 2.65. The summed E-state index contributed by atoms with van der Waals surface area (Å²) in [6.45, 7) is 6.62. The monoisotopic (exact) mass is 412 g/mol. The third-order valence-corrected chi connectivity index (χ3v) is 5.90. The molecule has 0 aliphatic rings. The lowest BCUT2D eigenvalue weighted by Crippen LogP contribution is -2.06. The zero-order chi connectivity index (χ0) is 20.8. The van der Waals surface area contributed by atoms with Crippen LogP contribution in [0.1, 0.15) is 103 Å². The molecule has 1 unspecified atom stereocenters. The highest BCUT2D eigenvalue weighted by molar-refractivity contribution is 7.46. The number of phosphoric ester groups is 1. The zero-order valence-corrected chi connectivity index (χ0v) is 19.1. The van der Waals surface area contributed by atoms with Crippen LogP contribution in [0.15, 0.2) is 18.2 Å². The fraction of sp³-hybridized carbons (Fsp3) is 0.739. The van der Waals surface area contributed by atoms with Crippen LogP contribution in [0.25, 0.3) is 0 Å². The number of hydrogen-bond acceptors (Lipinski definition) is 2. The summed E-state index contributed by atoms with van der Waals surface area (Å²) in [6.07, 6.45) is 15.4. The highest BCUT2D eigenvalue weighted by Gasteiger charge is 2.20. The molecule has 0 spiro atoms. The summed E-state index contributed by atoms with van der Waals surface area (Å²) >= 11 is 0. The molecule has 0 aliphatic carbocycles. The Kier molecular flexibility index (Phi) is 12.8. The molecule has 0 radical (unpaired) electrons. The second kappa shape index (κ2) is 14.2. The van der Waals surface area contributed by atoms with Gasteiger partial charge in [-0.3, -0.25) is 9.79 Å². The van der Waals surface area contributed by atoms with E-state index in [2.05, 4.69) is 26.8 Å². The van der Waals surface area contributed by atoms with Gasteiger partial charge in [-0.25, -0.2) is 4.57 Å². The zero-order valence-electron chi connectivity index (χ0n) is 18.2. The Hall–Kier alpha value is -0.830. The Labute approximate surface area is 172 Å². The molecule has 1 atom stereocenters. The molecule has 0 aliphatic heterocycles. The van der Waals surface area contributed by atoms with E-state index in [1.54, 1.807) is 6.07 Å². The smallest absolute Gasteiger partial charge is 0.404 e. The van der Waals surface area contributed by atoms with Crippen molar-refractivity contribution in [3.05, 3.63) is 29.3 Å². The molecule has 0 saturated carbocycles. The van der Waals surface area contributed by atoms with Crippen molar-refractivity contribution in [3.63, 3.8) is 0 Å². The minimum Gasteiger partial charge on any atom is -0.404 e. The molecular formula is C23H41O4P. The van der Waals surface area contributed by atoms with E-state index < -0.39 is 7.82 Å². The molecule has 1 rings (SSSR count). The lowest BCUT2D eigenvalue weighted by molar-refractivity contribution is 0.281. The quantitative estimate of drug-likeness (QED) is 0.222. The fourth-order valence-corrected chi connectivity index (χ4v) is 4.14. The standard InChI is InChI=1S/C23H41O4P/c1-4-7-9-10-11-12-13-15-21-16-17-23(27-28(24,25)26)22(19-21)18-20(6-3)14-8-5-2/h16-17,19-20H,4-15,18H2,1-3H3,(H2,24,25,26). The van der Waals surface area contributed by atoms with Gasteiger partial charge in [-0.15, -0.1) is 0 Å². The van der Waals surface area contributed by atoms with Gasteiger partial charge in [0, 0.05) is 0 Å². The molecule has 162 valence electrons. The van der Waals surface area contributed by atoms with Crippen molar-refractivity contribution in [1.29, 1.82) is 0 Å². The number of rotatable bonds is 16. The molecule has 1 aromatic carbocycles. The van der Waals surface area contributed by atoms with Gasteiger partial charge < -0.3 is 4.52 Å². The molecular weight excluding hydrogens is 371 g/mol. The number of unbranched alkanes of at least 4 members (excludes halogenated alkanes) is 7. The average molecular weight is 413 g/mol. The predicted octanol–water partition coefficient (Wildman–Crippen LogP) is 7.21. The highest BCUT2D eigenvalue weighted by Crippen LogP contribution is 2.40. The molecule has 0 bridgehead atoms. The summed E-state index contributed by atoms with van der Waals surface area (Å²) in [5, 5.41) is 0. The Morgan fingerprint density at radius 1 is 0.929 bits per heavy atom. The van der Waals surface area contributed by atoms with Crippen LogP contribution >= 0.6 is 7.82 Å². The minimum absolute atomic E-state index is 0.339. The molecule has 5 heteroatoms. The topological polar surface area (TPSA) is 66.8 Å². The number of benzene rings is 1. The summed E-state index contributed by atoms with van der Waals surface area (Å²) in [6, 6.07) is 5.81. The van der Waals surface area contributed by atoms with Crippen LogP contribution in [0.2, 0.25) is 0 Å². The molecule has 28 heavy (non-hydrogen) atoms. The largest absolute Gasteiger partial charge is 0.524 e. The van der Waals surface area contributed by atoms with Gasteiger partial charge in [0.1, 0.15) is 5.75 Å². The number of aryl methyl sites for hydroxylation is 1. The highest BCUT2D eigenvalue weighted by atomic mass is 31.2. The first-order chi connectivity index (χ1) is 13.4. The van der Waals surface area contributed by atoms with E-state index in [9.17, 15) is 14.4 Å². The van der Waals surface area contributed by atoms with Crippen molar-refractivity contribution in [2.45, 2.75) is 104 Å². The minimum atomic E-state index is -4.54. The van der Waals surface area contributed by atoms with E-state index >= 15 is 0 Å². The second-order valence-corrected chi connectivity index (χ2v) is 9.18. The molecule has 0 aromatic heterocycles. The van der Waals surface area contributed by atoms with Crippen molar-refractivity contribution < 1.29 is 18.9 Å². The van der Waals surface area contributed by atoms with Gasteiger partial charge in [0.15, 0.2) is 0 Å². The van der Waals surface area contributed by atoms with Crippen LogP contribution in [-0.2, 0) is 17.4 Å². The fourth-order valence-electron chi connectivity index (χ4n) is 3.71. The molecule has 0 heterocycles. The Morgan fingerprint density at radius 3 is 2.18 bits per heavy atom. The lowest BCUT2D eigenvalue weighted by Gasteiger charge is -2.18. The van der Waals surface area contributed by atoms with Gasteiger partial charge in [0.05, 0.1) is 0 Å². The summed E-state index contributed by atoms with van der Waals surface area (Å²) in [7, 11) is -4.54. The Morgan fingerprint density at radius 2 is 1.57 bits per heavy atom. The van der Waals surface area contributed by atoms with Crippen molar-refractivity contribution in [3.8, 4) is 5.75 Å². The maximum Gasteiger partial charge on any atom is 0.524 e. The second-order valence-electron chi connectivity index (χ2n) is 8.02. The molecule has 2 N–H and O–H groups in total. The first kappa shape index (κ1) is 25.2. The normalized spacial score (nSPS) is 12.9. The lowest BCUT2D eigenvalue weighted by atomic mass is 9.90. The molecule has 0 amide bonds. The molecule has 4 nitrogen and oxygen atoms in total. The van der Waals surface area contributed by atoms with Crippen LogP contribution in [0, 0.1) is 5.92 Å². The van der Waals surface area contributed by atoms with Crippen LogP contribution in [0.4, 0.5) is 0 Å². The van der Waals surface area contributed by atoms with E-state index in [0.29, 0.717) is 11.7 Å². The van der Waals surface area contributed by atoms with E-state index in [-0.39, 0.29) is 0 Å². The van der Waals surface area contributed by atoms with Crippen molar-refractivity contribution in [1.82, 2.24) is 0 Å². The van der Waals surface area contributed by atoms with Gasteiger partial charge >= 0.3 is 7.82 Å². The first-order valence-electron chi connectivity index (χ1n) is 11.3. The number of phosphoric acid groups is 1. The molecule has 0 fully saturated rings. The van der Waals surface area contributed by atoms with Gasteiger partial charge in [-0.05, 0) is 42.4 Å². The summed E-state index contributed by atoms with van der Waals surface area (Å²) < 4.78 is 16.3. The summed E-state index contributed by atoms with van der Waals surface area (Å²) in [4.78, 5) is 18.5. The van der Waals surface area contributed by atoms with Crippen LogP contribution < -0.4 is 4.52 Å². The van der Waals surface area contributed by atoms with Crippen LogP contribution in [-0.4, -0.2) is 9.79 Å². The summed E-state index contributed by atoms with van der Waals surface area (Å²) in [5.41, 5.74) is 2.18. The van der Waals surface area contributed by atoms with Crippen molar-refractivity contribution >= 4 is 7.82 Å². The predicted molar refractivity (Wildman–Crippen MR) is 118 cm³/mol. The maximum absolute atomic E-state index is 11.4. The third kappa shape index (κ3) is 11.2. The van der Waals surface area contributed by atoms with E-state index in [4.69, 9.17) is 4.52 Å². The van der Waals surface area contributed by atoms with Gasteiger partial charge in [0.2, 0.25) is 0 Å². The first-order valence-corrected chi connectivity index (χ1v) is 12.8. The third-order valence-electron chi connectivity index (χ3n) is 5.46. The Bertz CT molecular complexity index is 582. The molecule has 0 saturated heterocycles. The van der Waals surface area contributed by atoms with Crippen molar-refractivity contribution in [2.75, 3.05) is 0 Å². The van der Waals surface area contributed by atoms with E-state index in [1.165, 1.54) is 56.9 Å². The van der Waals surface area contributed by atoms with Crippen LogP contribution in [0.5, 0.6) is 5.75 Å². The van der Waals surface area contributed by atoms with E-state index in [1.807, 2.05) is 6.07 Å². The number of hydrogen-bond donors (Lipinski definition) is 2. The summed E-state index contributed by atoms with van der Waals surface area (Å²) in [5.74, 6) is 0.861. The van der Waals surface area contributed by atoms with Crippen LogP contribution in [0.3, 0.4) is 0 Å². The SMILES string of the molecule is CCCCCCCCCc1ccc(OP(=O)(O)O)c(CC(CC)CCCC)c1. The van der Waals surface area contributed by atoms with Gasteiger partial charge in [-0.1, -0.05) is 97.1 Å². The molecule has 1 aromatic rings. The van der Waals surface area contributed by atoms with Gasteiger partial charge in [0.25, 0.3) is 0 Å². The van der Waals surface area contributed by atoms with Gasteiger partial charge in [-0.2, -0.15) is 0 Å². The van der Waals surface area contributed by atoms with E-state index in [0.717, 1.165) is 37.7 Å². The van der Waals surface area contributed by atoms with Crippen molar-refractivity contribution in [2.24, 2.45) is 5.92 Å². The Balaban J connectivity index is 2.72. The maximum atomic E-state index is 11.4.